The second kappa shape index (κ2) is 8.06. The number of ether oxygens (including phenoxy) is 2. The molecule has 1 aromatic rings. The summed E-state index contributed by atoms with van der Waals surface area (Å²) in [4.78, 5) is 26.7. The zero-order valence-corrected chi connectivity index (χ0v) is 16.5. The first-order chi connectivity index (χ1) is 12.9. The fraction of sp³-hybridized carbons (Fsp3) is 0.600. The summed E-state index contributed by atoms with van der Waals surface area (Å²) in [5.74, 6) is 1.52. The monoisotopic (exact) mass is 375 g/mol. The van der Waals surface area contributed by atoms with Gasteiger partial charge in [0.2, 0.25) is 5.91 Å². The molecule has 27 heavy (non-hydrogen) atoms. The lowest BCUT2D eigenvalue weighted by Crippen LogP contribution is -2.50. The maximum absolute atomic E-state index is 12.7. The minimum atomic E-state index is -0.241. The Morgan fingerprint density at radius 1 is 1.19 bits per heavy atom. The van der Waals surface area contributed by atoms with Gasteiger partial charge in [-0.2, -0.15) is 0 Å². The lowest BCUT2D eigenvalue weighted by atomic mass is 9.91. The average molecular weight is 375 g/mol. The highest BCUT2D eigenvalue weighted by molar-refractivity contribution is 5.81. The van der Waals surface area contributed by atoms with E-state index >= 15 is 0 Å². The van der Waals surface area contributed by atoms with E-state index in [0.29, 0.717) is 24.6 Å². The molecule has 0 spiro atoms. The molecule has 1 atom stereocenters. The first-order valence-corrected chi connectivity index (χ1v) is 9.54. The summed E-state index contributed by atoms with van der Waals surface area (Å²) in [7, 11) is 3.21. The quantitative estimate of drug-likeness (QED) is 0.799. The number of nitrogens with zero attached hydrogens (tertiary/aromatic N) is 1. The average Bonchev–Trinajstić information content (AvgIpc) is 3.49. The van der Waals surface area contributed by atoms with E-state index in [0.717, 1.165) is 30.4 Å². The summed E-state index contributed by atoms with van der Waals surface area (Å²) < 4.78 is 10.9. The number of fused-ring (bicyclic) bond motifs is 1. The molecule has 0 aromatic heterocycles. The van der Waals surface area contributed by atoms with Crippen molar-refractivity contribution in [2.45, 2.75) is 45.2 Å². The molecule has 1 aliphatic heterocycles. The fourth-order valence-corrected chi connectivity index (χ4v) is 3.51. The lowest BCUT2D eigenvalue weighted by molar-refractivity contribution is -0.122. The maximum Gasteiger partial charge on any atom is 0.318 e. The molecule has 0 radical (unpaired) electrons. The van der Waals surface area contributed by atoms with Gasteiger partial charge in [0.1, 0.15) is 0 Å². The molecule has 1 fully saturated rings. The maximum atomic E-state index is 12.7. The van der Waals surface area contributed by atoms with Crippen molar-refractivity contribution in [3.8, 4) is 11.5 Å². The van der Waals surface area contributed by atoms with Gasteiger partial charge in [0.15, 0.2) is 11.5 Å². The molecule has 148 valence electrons. The van der Waals surface area contributed by atoms with Crippen LogP contribution in [0.5, 0.6) is 11.5 Å². The number of urea groups is 1. The molecule has 2 aliphatic rings. The van der Waals surface area contributed by atoms with E-state index in [-0.39, 0.29) is 29.9 Å². The van der Waals surface area contributed by atoms with Crippen LogP contribution in [0.25, 0.3) is 0 Å². The Balaban J connectivity index is 1.89. The Kier molecular flexibility index (Phi) is 5.77. The first-order valence-electron chi connectivity index (χ1n) is 9.54. The molecule has 1 saturated carbocycles. The van der Waals surface area contributed by atoms with Crippen LogP contribution in [0.15, 0.2) is 12.1 Å². The second-order valence-electron chi connectivity index (χ2n) is 7.49. The summed E-state index contributed by atoms with van der Waals surface area (Å²) in [5.41, 5.74) is 2.11. The van der Waals surface area contributed by atoms with Gasteiger partial charge in [-0.15, -0.1) is 0 Å². The molecule has 3 amide bonds. The van der Waals surface area contributed by atoms with Crippen molar-refractivity contribution in [1.82, 2.24) is 15.5 Å². The normalized spacial score (nSPS) is 18.7. The van der Waals surface area contributed by atoms with Crippen molar-refractivity contribution in [2.24, 2.45) is 5.92 Å². The van der Waals surface area contributed by atoms with Gasteiger partial charge in [-0.25, -0.2) is 4.79 Å². The first kappa shape index (κ1) is 19.3. The molecule has 0 bridgehead atoms. The number of rotatable bonds is 6. The number of carbonyl (C=O) groups is 2. The van der Waals surface area contributed by atoms with E-state index in [9.17, 15) is 9.59 Å². The summed E-state index contributed by atoms with van der Waals surface area (Å²) in [6, 6.07) is 3.59. The smallest absolute Gasteiger partial charge is 0.318 e. The van der Waals surface area contributed by atoms with Crippen LogP contribution >= 0.6 is 0 Å². The predicted octanol–water partition coefficient (Wildman–Crippen LogP) is 2.25. The summed E-state index contributed by atoms with van der Waals surface area (Å²) in [6.45, 7) is 4.86. The topological polar surface area (TPSA) is 79.9 Å². The van der Waals surface area contributed by atoms with Gasteiger partial charge in [0.05, 0.1) is 20.3 Å². The van der Waals surface area contributed by atoms with E-state index in [1.807, 2.05) is 26.0 Å². The van der Waals surface area contributed by atoms with Crippen LogP contribution in [-0.4, -0.2) is 50.2 Å². The van der Waals surface area contributed by atoms with Crippen LogP contribution in [0.2, 0.25) is 0 Å². The molecule has 1 aliphatic carbocycles. The van der Waals surface area contributed by atoms with Crippen molar-refractivity contribution >= 4 is 11.9 Å². The number of hydrogen-bond donors (Lipinski definition) is 2. The third-order valence-corrected chi connectivity index (χ3v) is 5.09. The van der Waals surface area contributed by atoms with Crippen molar-refractivity contribution in [2.75, 3.05) is 27.3 Å². The highest BCUT2D eigenvalue weighted by atomic mass is 16.5. The summed E-state index contributed by atoms with van der Waals surface area (Å²) in [5, 5.41) is 5.99. The van der Waals surface area contributed by atoms with Crippen molar-refractivity contribution in [3.63, 3.8) is 0 Å². The van der Waals surface area contributed by atoms with Crippen molar-refractivity contribution < 1.29 is 19.1 Å². The molecule has 7 heteroatoms. The van der Waals surface area contributed by atoms with E-state index < -0.39 is 0 Å². The minimum Gasteiger partial charge on any atom is -0.493 e. The number of benzene rings is 1. The number of methoxy groups -OCH3 is 2. The molecule has 0 saturated heterocycles. The molecular formula is C20H29N3O4. The Morgan fingerprint density at radius 2 is 1.85 bits per heavy atom. The number of amides is 3. The Hall–Kier alpha value is -2.44. The molecule has 1 heterocycles. The van der Waals surface area contributed by atoms with Gasteiger partial charge >= 0.3 is 6.03 Å². The van der Waals surface area contributed by atoms with Crippen LogP contribution < -0.4 is 20.1 Å². The standard InChI is InChI=1S/C20H29N3O4/c1-12(2)22-20(25)23-8-7-14-9-17(26-3)18(27-4)10-15(14)16(23)11-21-19(24)13-5-6-13/h9-10,12-13,16H,5-8,11H2,1-4H3,(H,21,24)(H,22,25)/t16-/m0/s1. The summed E-state index contributed by atoms with van der Waals surface area (Å²) in [6.07, 6.45) is 2.64. The molecule has 7 nitrogen and oxygen atoms in total. The van der Waals surface area contributed by atoms with Gasteiger partial charge < -0.3 is 25.0 Å². The van der Waals surface area contributed by atoms with E-state index in [1.54, 1.807) is 19.1 Å². The Labute approximate surface area is 160 Å². The van der Waals surface area contributed by atoms with Gasteiger partial charge in [-0.05, 0) is 56.4 Å². The molecule has 1 aromatic carbocycles. The van der Waals surface area contributed by atoms with Gasteiger partial charge in [-0.3, -0.25) is 4.79 Å². The van der Waals surface area contributed by atoms with Crippen LogP contribution in [0.1, 0.15) is 43.9 Å². The van der Waals surface area contributed by atoms with Crippen LogP contribution in [0.4, 0.5) is 4.79 Å². The molecular weight excluding hydrogens is 346 g/mol. The zero-order valence-electron chi connectivity index (χ0n) is 16.5. The largest absolute Gasteiger partial charge is 0.493 e. The molecule has 0 unspecified atom stereocenters. The van der Waals surface area contributed by atoms with Gasteiger partial charge in [0.25, 0.3) is 0 Å². The molecule has 2 N–H and O–H groups in total. The molecule has 3 rings (SSSR count). The van der Waals surface area contributed by atoms with Gasteiger partial charge in [0, 0.05) is 25.0 Å². The third-order valence-electron chi connectivity index (χ3n) is 5.09. The minimum absolute atomic E-state index is 0.0472. The van der Waals surface area contributed by atoms with Crippen LogP contribution in [0, 0.1) is 5.92 Å². The van der Waals surface area contributed by atoms with Crippen molar-refractivity contribution in [1.29, 1.82) is 0 Å². The number of nitrogens with one attached hydrogen (secondary N) is 2. The Morgan fingerprint density at radius 3 is 2.44 bits per heavy atom. The van der Waals surface area contributed by atoms with Crippen LogP contribution in [0.3, 0.4) is 0 Å². The van der Waals surface area contributed by atoms with E-state index in [1.165, 1.54) is 0 Å². The van der Waals surface area contributed by atoms with E-state index in [4.69, 9.17) is 9.47 Å². The zero-order chi connectivity index (χ0) is 19.6. The van der Waals surface area contributed by atoms with Crippen LogP contribution in [-0.2, 0) is 11.2 Å². The highest BCUT2D eigenvalue weighted by Gasteiger charge is 2.35. The SMILES string of the molecule is COc1cc2c(cc1OC)[C@H](CNC(=O)C1CC1)N(C(=O)NC(C)C)CC2. The third kappa shape index (κ3) is 4.28. The summed E-state index contributed by atoms with van der Waals surface area (Å²) >= 11 is 0. The Bertz CT molecular complexity index is 715. The highest BCUT2D eigenvalue weighted by Crippen LogP contribution is 2.38. The fourth-order valence-electron chi connectivity index (χ4n) is 3.51. The number of carbonyl (C=O) groups excluding carboxylic acids is 2. The number of hydrogen-bond acceptors (Lipinski definition) is 4. The van der Waals surface area contributed by atoms with E-state index in [2.05, 4.69) is 10.6 Å². The lowest BCUT2D eigenvalue weighted by Gasteiger charge is -2.38. The van der Waals surface area contributed by atoms with Crippen molar-refractivity contribution in [3.05, 3.63) is 23.3 Å². The second-order valence-corrected chi connectivity index (χ2v) is 7.49. The predicted molar refractivity (Wildman–Crippen MR) is 102 cm³/mol. The van der Waals surface area contributed by atoms with Gasteiger partial charge in [-0.1, -0.05) is 0 Å².